The van der Waals surface area contributed by atoms with Crippen LogP contribution in [0.25, 0.3) is 0 Å². The van der Waals surface area contributed by atoms with Crippen LogP contribution in [0.5, 0.6) is 0 Å². The molecular weight excluding hydrogens is 249 g/mol. The fourth-order valence-electron chi connectivity index (χ4n) is 2.45. The summed E-state index contributed by atoms with van der Waals surface area (Å²) < 4.78 is 13.3. The lowest BCUT2D eigenvalue weighted by atomic mass is 9.96. The molecule has 0 fully saturated rings. The quantitative estimate of drug-likeness (QED) is 0.789. The molecule has 6 heteroatoms. The van der Waals surface area contributed by atoms with E-state index in [-0.39, 0.29) is 11.9 Å². The van der Waals surface area contributed by atoms with Gasteiger partial charge >= 0.3 is 6.03 Å². The smallest absolute Gasteiger partial charge is 0.319 e. The summed E-state index contributed by atoms with van der Waals surface area (Å²) in [5, 5.41) is 5.29. The van der Waals surface area contributed by atoms with Gasteiger partial charge in [0.15, 0.2) is 0 Å². The van der Waals surface area contributed by atoms with Crippen LogP contribution in [0.3, 0.4) is 0 Å². The van der Waals surface area contributed by atoms with Gasteiger partial charge in [0.25, 0.3) is 5.91 Å². The highest BCUT2D eigenvalue weighted by Crippen LogP contribution is 2.31. The van der Waals surface area contributed by atoms with Gasteiger partial charge in [-0.05, 0) is 17.7 Å². The lowest BCUT2D eigenvalue weighted by molar-refractivity contribution is -0.124. The Bertz CT molecular complexity index is 612. The SMILES string of the molecule is CN1CC2=C(C1=O)C(c1cccc(F)c1)NC(=O)N2. The lowest BCUT2D eigenvalue weighted by Gasteiger charge is -2.25. The minimum Gasteiger partial charge on any atom is -0.336 e. The van der Waals surface area contributed by atoms with E-state index in [1.807, 2.05) is 0 Å². The van der Waals surface area contributed by atoms with Gasteiger partial charge in [-0.3, -0.25) is 4.79 Å². The molecule has 0 radical (unpaired) electrons. The first-order valence-corrected chi connectivity index (χ1v) is 5.88. The molecule has 0 bridgehead atoms. The van der Waals surface area contributed by atoms with Gasteiger partial charge in [0.1, 0.15) is 5.82 Å². The van der Waals surface area contributed by atoms with E-state index < -0.39 is 11.9 Å². The van der Waals surface area contributed by atoms with E-state index in [2.05, 4.69) is 10.6 Å². The number of hydrogen-bond donors (Lipinski definition) is 2. The summed E-state index contributed by atoms with van der Waals surface area (Å²) in [6.07, 6.45) is 0. The van der Waals surface area contributed by atoms with Gasteiger partial charge in [-0.1, -0.05) is 12.1 Å². The number of carbonyl (C=O) groups is 2. The van der Waals surface area contributed by atoms with Crippen LogP contribution < -0.4 is 10.6 Å². The van der Waals surface area contributed by atoms with Crippen molar-refractivity contribution in [2.75, 3.05) is 13.6 Å². The molecule has 2 aliphatic heterocycles. The van der Waals surface area contributed by atoms with E-state index in [4.69, 9.17) is 0 Å². The predicted molar refractivity (Wildman–Crippen MR) is 65.5 cm³/mol. The van der Waals surface area contributed by atoms with E-state index in [0.29, 0.717) is 23.4 Å². The molecule has 3 rings (SSSR count). The van der Waals surface area contributed by atoms with Crippen LogP contribution in [0.2, 0.25) is 0 Å². The molecule has 3 amide bonds. The van der Waals surface area contributed by atoms with Crippen molar-refractivity contribution < 1.29 is 14.0 Å². The van der Waals surface area contributed by atoms with Gasteiger partial charge < -0.3 is 15.5 Å². The van der Waals surface area contributed by atoms with Gasteiger partial charge in [-0.2, -0.15) is 0 Å². The number of nitrogens with zero attached hydrogens (tertiary/aromatic N) is 1. The number of carbonyl (C=O) groups excluding carboxylic acids is 2. The maximum atomic E-state index is 13.3. The van der Waals surface area contributed by atoms with E-state index in [1.165, 1.54) is 17.0 Å². The number of amides is 3. The molecule has 1 atom stereocenters. The maximum absolute atomic E-state index is 13.3. The Morgan fingerprint density at radius 3 is 2.89 bits per heavy atom. The molecule has 0 aliphatic carbocycles. The first-order valence-electron chi connectivity index (χ1n) is 5.88. The third-order valence-corrected chi connectivity index (χ3v) is 3.31. The fourth-order valence-corrected chi connectivity index (χ4v) is 2.45. The van der Waals surface area contributed by atoms with Crippen LogP contribution in [-0.2, 0) is 4.79 Å². The van der Waals surface area contributed by atoms with E-state index in [0.717, 1.165) is 0 Å². The van der Waals surface area contributed by atoms with Crippen LogP contribution in [0.1, 0.15) is 11.6 Å². The van der Waals surface area contributed by atoms with Crippen LogP contribution in [0.15, 0.2) is 35.5 Å². The summed E-state index contributed by atoms with van der Waals surface area (Å²) in [6.45, 7) is 0.368. The molecule has 2 N–H and O–H groups in total. The van der Waals surface area contributed by atoms with E-state index >= 15 is 0 Å². The number of hydrogen-bond acceptors (Lipinski definition) is 2. The number of nitrogens with one attached hydrogen (secondary N) is 2. The Kier molecular flexibility index (Phi) is 2.51. The molecular formula is C13H12FN3O2. The van der Waals surface area contributed by atoms with Crippen molar-refractivity contribution in [1.82, 2.24) is 15.5 Å². The minimum atomic E-state index is -0.600. The molecule has 1 aromatic carbocycles. The van der Waals surface area contributed by atoms with Crippen molar-refractivity contribution in [3.05, 3.63) is 46.9 Å². The maximum Gasteiger partial charge on any atom is 0.319 e. The molecule has 5 nitrogen and oxygen atoms in total. The second-order valence-corrected chi connectivity index (χ2v) is 4.64. The molecule has 98 valence electrons. The summed E-state index contributed by atoms with van der Waals surface area (Å²) in [4.78, 5) is 25.2. The fraction of sp³-hybridized carbons (Fsp3) is 0.231. The molecule has 2 heterocycles. The monoisotopic (exact) mass is 261 g/mol. The Balaban J connectivity index is 2.07. The number of likely N-dealkylation sites (N-methyl/N-ethyl adjacent to an activating group) is 1. The molecule has 2 aliphatic rings. The average Bonchev–Trinajstić information content (AvgIpc) is 2.64. The summed E-state index contributed by atoms with van der Waals surface area (Å²) in [5.41, 5.74) is 1.63. The second kappa shape index (κ2) is 4.08. The van der Waals surface area contributed by atoms with Crippen molar-refractivity contribution in [2.45, 2.75) is 6.04 Å². The lowest BCUT2D eigenvalue weighted by Crippen LogP contribution is -2.44. The standard InChI is InChI=1S/C13H12FN3O2/c1-17-6-9-10(12(17)18)11(16-13(19)15-9)7-3-2-4-8(14)5-7/h2-5,11H,6H2,1H3,(H2,15,16,19). The van der Waals surface area contributed by atoms with Gasteiger partial charge in [-0.15, -0.1) is 0 Å². The molecule has 0 spiro atoms. The van der Waals surface area contributed by atoms with Crippen molar-refractivity contribution in [3.8, 4) is 0 Å². The highest BCUT2D eigenvalue weighted by Gasteiger charge is 2.38. The van der Waals surface area contributed by atoms with E-state index in [9.17, 15) is 14.0 Å². The van der Waals surface area contributed by atoms with Gasteiger partial charge in [-0.25, -0.2) is 9.18 Å². The van der Waals surface area contributed by atoms with Crippen LogP contribution in [0, 0.1) is 5.82 Å². The Morgan fingerprint density at radius 1 is 1.37 bits per heavy atom. The topological polar surface area (TPSA) is 61.4 Å². The van der Waals surface area contributed by atoms with Crippen molar-refractivity contribution in [3.63, 3.8) is 0 Å². The Labute approximate surface area is 109 Å². The first kappa shape index (κ1) is 11.7. The van der Waals surface area contributed by atoms with Crippen LogP contribution in [-0.4, -0.2) is 30.4 Å². The van der Waals surface area contributed by atoms with Crippen molar-refractivity contribution in [1.29, 1.82) is 0 Å². The first-order chi connectivity index (χ1) is 9.06. The molecule has 0 aromatic heterocycles. The van der Waals surface area contributed by atoms with E-state index in [1.54, 1.807) is 19.2 Å². The molecule has 1 aromatic rings. The zero-order valence-electron chi connectivity index (χ0n) is 10.2. The molecule has 1 unspecified atom stereocenters. The zero-order valence-corrected chi connectivity index (χ0v) is 10.2. The molecule has 19 heavy (non-hydrogen) atoms. The largest absolute Gasteiger partial charge is 0.336 e. The zero-order chi connectivity index (χ0) is 13.6. The Hall–Kier alpha value is -2.37. The summed E-state index contributed by atoms with van der Waals surface area (Å²) >= 11 is 0. The third-order valence-electron chi connectivity index (χ3n) is 3.31. The minimum absolute atomic E-state index is 0.156. The summed E-state index contributed by atoms with van der Waals surface area (Å²) in [5.74, 6) is -0.553. The molecule has 0 saturated heterocycles. The van der Waals surface area contributed by atoms with Crippen LogP contribution >= 0.6 is 0 Å². The van der Waals surface area contributed by atoms with Gasteiger partial charge in [0, 0.05) is 7.05 Å². The number of benzene rings is 1. The summed E-state index contributed by atoms with van der Waals surface area (Å²) in [6, 6.07) is 4.92. The van der Waals surface area contributed by atoms with Crippen LogP contribution in [0.4, 0.5) is 9.18 Å². The highest BCUT2D eigenvalue weighted by molar-refractivity contribution is 6.01. The second-order valence-electron chi connectivity index (χ2n) is 4.64. The third kappa shape index (κ3) is 1.85. The number of halogens is 1. The highest BCUT2D eigenvalue weighted by atomic mass is 19.1. The van der Waals surface area contributed by atoms with Crippen molar-refractivity contribution >= 4 is 11.9 Å². The van der Waals surface area contributed by atoms with Crippen molar-refractivity contribution in [2.24, 2.45) is 0 Å². The normalized spacial score (nSPS) is 22.2. The Morgan fingerprint density at radius 2 is 2.16 bits per heavy atom. The number of urea groups is 1. The predicted octanol–water partition coefficient (Wildman–Crippen LogP) is 0.906. The number of rotatable bonds is 1. The summed E-state index contributed by atoms with van der Waals surface area (Å²) in [7, 11) is 1.66. The molecule has 0 saturated carbocycles. The van der Waals surface area contributed by atoms with Gasteiger partial charge in [0.05, 0.1) is 23.9 Å². The average molecular weight is 261 g/mol. The van der Waals surface area contributed by atoms with Gasteiger partial charge in [0.2, 0.25) is 0 Å².